The molecule has 1 spiro atoms. The molecule has 3 aliphatic carbocycles. The number of carbonyl (C=O) groups excluding carboxylic acids is 2. The quantitative estimate of drug-likeness (QED) is 0.521. The number of esters is 1. The van der Waals surface area contributed by atoms with Crippen molar-refractivity contribution in [2.75, 3.05) is 20.7 Å². The fourth-order valence-electron chi connectivity index (χ4n) is 6.72. The van der Waals surface area contributed by atoms with Crippen molar-refractivity contribution in [3.05, 3.63) is 65.7 Å². The molecule has 0 aromatic heterocycles. The topological polar surface area (TPSA) is 102 Å². The zero-order valence-electron chi connectivity index (χ0n) is 20.0. The highest BCUT2D eigenvalue weighted by molar-refractivity contribution is 5.96. The van der Waals surface area contributed by atoms with Gasteiger partial charge in [-0.15, -0.1) is 0 Å². The van der Waals surface area contributed by atoms with Crippen molar-refractivity contribution in [1.29, 1.82) is 0 Å². The molecular formula is C27H29NO7. The second-order valence-corrected chi connectivity index (χ2v) is 9.76. The number of rotatable bonds is 3. The van der Waals surface area contributed by atoms with Gasteiger partial charge in [-0.3, -0.25) is 9.59 Å². The summed E-state index contributed by atoms with van der Waals surface area (Å²) in [6.07, 6.45) is 10.1. The molecule has 2 saturated heterocycles. The molecule has 3 fully saturated rings. The van der Waals surface area contributed by atoms with Crippen LogP contribution >= 0.6 is 0 Å². The predicted molar refractivity (Wildman–Crippen MR) is 125 cm³/mol. The predicted octanol–water partition coefficient (Wildman–Crippen LogP) is 3.20. The average molecular weight is 480 g/mol. The Bertz CT molecular complexity index is 1170. The molecule has 0 amide bonds. The Hall–Kier alpha value is -3.39. The van der Waals surface area contributed by atoms with Gasteiger partial charge in [0.2, 0.25) is 0 Å². The van der Waals surface area contributed by atoms with E-state index in [1.807, 2.05) is 6.08 Å². The van der Waals surface area contributed by atoms with Gasteiger partial charge in [0, 0.05) is 30.2 Å². The summed E-state index contributed by atoms with van der Waals surface area (Å²) in [7, 11) is 3.91. The van der Waals surface area contributed by atoms with Crippen LogP contribution in [0.15, 0.2) is 60.1 Å². The van der Waals surface area contributed by atoms with Gasteiger partial charge in [0.05, 0.1) is 7.11 Å². The maximum Gasteiger partial charge on any atom is 0.339 e. The maximum atomic E-state index is 12.6. The Kier molecular flexibility index (Phi) is 5.79. The van der Waals surface area contributed by atoms with Gasteiger partial charge in [-0.05, 0) is 56.6 Å². The summed E-state index contributed by atoms with van der Waals surface area (Å²) in [5.41, 5.74) is -0.0757. The van der Waals surface area contributed by atoms with E-state index in [-0.39, 0.29) is 28.6 Å². The van der Waals surface area contributed by atoms with E-state index in [0.717, 1.165) is 30.9 Å². The van der Waals surface area contributed by atoms with Crippen LogP contribution in [0.2, 0.25) is 0 Å². The standard InChI is InChI=1S/C18H21NO3.C9H8O4/c1-19-8-7-18-11-4-5-13(20)17(18)22-16-14(21-2)6-3-10(15(16)18)9-12(11)19;1-6(10)13-8-5-3-2-4-7(8)9(11)12/h3-6,10-12,15,17H,7-9H2,1-2H3;2-5H,1H3,(H,11,12)/t10?,11-,12+,15?,17-,18-;/m0./s1. The molecule has 2 bridgehead atoms. The first-order chi connectivity index (χ1) is 16.8. The summed E-state index contributed by atoms with van der Waals surface area (Å²) in [4.78, 5) is 36.2. The molecule has 5 aliphatic rings. The third-order valence-corrected chi connectivity index (χ3v) is 8.09. The molecule has 2 unspecified atom stereocenters. The van der Waals surface area contributed by atoms with Crippen molar-refractivity contribution in [1.82, 2.24) is 4.90 Å². The largest absolute Gasteiger partial charge is 0.493 e. The zero-order chi connectivity index (χ0) is 24.9. The highest BCUT2D eigenvalue weighted by Crippen LogP contribution is 2.66. The number of carboxylic acid groups (broad SMARTS) is 1. The number of nitrogens with zero attached hydrogens (tertiary/aromatic N) is 1. The van der Waals surface area contributed by atoms with Crippen LogP contribution in [0.3, 0.4) is 0 Å². The number of hydrogen-bond donors (Lipinski definition) is 1. The number of hydrogen-bond acceptors (Lipinski definition) is 7. The minimum atomic E-state index is -1.11. The van der Waals surface area contributed by atoms with Gasteiger partial charge in [-0.25, -0.2) is 4.79 Å². The first-order valence-corrected chi connectivity index (χ1v) is 11.8. The maximum absolute atomic E-state index is 12.6. The van der Waals surface area contributed by atoms with E-state index in [0.29, 0.717) is 23.8 Å². The molecule has 6 atom stereocenters. The monoisotopic (exact) mass is 479 g/mol. The molecule has 2 heterocycles. The molecule has 1 aromatic rings. The summed E-state index contributed by atoms with van der Waals surface area (Å²) in [6.45, 7) is 2.27. The summed E-state index contributed by atoms with van der Waals surface area (Å²) in [6, 6.07) is 6.49. The highest BCUT2D eigenvalue weighted by atomic mass is 16.5. The van der Waals surface area contributed by atoms with Crippen molar-refractivity contribution in [2.45, 2.75) is 31.9 Å². The lowest BCUT2D eigenvalue weighted by atomic mass is 9.48. The Morgan fingerprint density at radius 1 is 1.20 bits per heavy atom. The minimum Gasteiger partial charge on any atom is -0.493 e. The number of para-hydroxylation sites is 1. The molecular weight excluding hydrogens is 450 g/mol. The minimum absolute atomic E-state index is 0.0160. The fraction of sp³-hybridized carbons (Fsp3) is 0.444. The van der Waals surface area contributed by atoms with Crippen LogP contribution < -0.4 is 4.74 Å². The third kappa shape index (κ3) is 3.58. The van der Waals surface area contributed by atoms with Crippen LogP contribution in [-0.2, 0) is 19.1 Å². The van der Waals surface area contributed by atoms with Gasteiger partial charge in [0.25, 0.3) is 0 Å². The zero-order valence-corrected chi connectivity index (χ0v) is 20.0. The number of benzene rings is 1. The van der Waals surface area contributed by atoms with Crippen LogP contribution in [0.4, 0.5) is 0 Å². The number of methoxy groups -OCH3 is 1. The average Bonchev–Trinajstić information content (AvgIpc) is 3.18. The van der Waals surface area contributed by atoms with E-state index in [4.69, 9.17) is 14.6 Å². The van der Waals surface area contributed by atoms with Crippen LogP contribution in [0.25, 0.3) is 0 Å². The molecule has 1 N–H and O–H groups in total. The number of ether oxygens (including phenoxy) is 3. The van der Waals surface area contributed by atoms with Gasteiger partial charge in [-0.2, -0.15) is 0 Å². The van der Waals surface area contributed by atoms with E-state index >= 15 is 0 Å². The van der Waals surface area contributed by atoms with Crippen LogP contribution in [-0.4, -0.2) is 60.6 Å². The first kappa shape index (κ1) is 23.4. The van der Waals surface area contributed by atoms with E-state index in [9.17, 15) is 14.4 Å². The van der Waals surface area contributed by atoms with Gasteiger partial charge in [-0.1, -0.05) is 24.3 Å². The summed E-state index contributed by atoms with van der Waals surface area (Å²) in [5.74, 6) is 1.49. The highest BCUT2D eigenvalue weighted by Gasteiger charge is 2.69. The Labute approximate surface area is 203 Å². The van der Waals surface area contributed by atoms with Crippen molar-refractivity contribution in [3.63, 3.8) is 0 Å². The lowest BCUT2D eigenvalue weighted by Gasteiger charge is -2.59. The SMILES string of the molecule is CC(=O)Oc1ccccc1C(=O)O.COC1=C2O[C@H]3C(=O)C=C[C@H]4[C@H]5CC(C=C1)C2[C@@]34CCN5C. The molecule has 8 nitrogen and oxygen atoms in total. The summed E-state index contributed by atoms with van der Waals surface area (Å²) in [5, 5.41) is 8.69. The van der Waals surface area contributed by atoms with E-state index in [1.165, 1.54) is 19.1 Å². The molecule has 35 heavy (non-hydrogen) atoms. The van der Waals surface area contributed by atoms with Crippen molar-refractivity contribution >= 4 is 17.7 Å². The number of carboxylic acids is 1. The number of ketones is 1. The lowest BCUT2D eigenvalue weighted by molar-refractivity contribution is -0.140. The molecule has 8 heteroatoms. The van der Waals surface area contributed by atoms with Gasteiger partial charge >= 0.3 is 11.9 Å². The van der Waals surface area contributed by atoms with Crippen molar-refractivity contribution in [3.8, 4) is 5.75 Å². The summed E-state index contributed by atoms with van der Waals surface area (Å²) < 4.78 is 16.5. The molecule has 6 rings (SSSR count). The lowest BCUT2D eigenvalue weighted by Crippen LogP contribution is -2.64. The number of piperidine rings is 1. The molecule has 184 valence electrons. The number of allylic oxidation sites excluding steroid dienone is 3. The second kappa shape index (κ2) is 8.68. The molecule has 0 radical (unpaired) electrons. The Morgan fingerprint density at radius 3 is 2.69 bits per heavy atom. The van der Waals surface area contributed by atoms with Crippen LogP contribution in [0.1, 0.15) is 30.1 Å². The van der Waals surface area contributed by atoms with E-state index in [1.54, 1.807) is 25.3 Å². The molecule has 1 aromatic carbocycles. The number of aromatic carboxylic acids is 1. The van der Waals surface area contributed by atoms with Crippen molar-refractivity contribution in [2.24, 2.45) is 23.2 Å². The summed E-state index contributed by atoms with van der Waals surface area (Å²) >= 11 is 0. The van der Waals surface area contributed by atoms with Crippen LogP contribution in [0.5, 0.6) is 5.75 Å². The Balaban J connectivity index is 0.000000168. The fourth-order valence-corrected chi connectivity index (χ4v) is 6.72. The first-order valence-electron chi connectivity index (χ1n) is 11.8. The Morgan fingerprint density at radius 2 is 1.97 bits per heavy atom. The van der Waals surface area contributed by atoms with E-state index < -0.39 is 11.9 Å². The van der Waals surface area contributed by atoms with Crippen molar-refractivity contribution < 1.29 is 33.7 Å². The van der Waals surface area contributed by atoms with Gasteiger partial charge in [0.15, 0.2) is 17.6 Å². The van der Waals surface area contributed by atoms with Crippen LogP contribution in [0, 0.1) is 23.2 Å². The smallest absolute Gasteiger partial charge is 0.339 e. The number of likely N-dealkylation sites (tertiary alicyclic amines) is 1. The van der Waals surface area contributed by atoms with Gasteiger partial charge in [0.1, 0.15) is 17.1 Å². The normalized spacial score (nSPS) is 33.8. The van der Waals surface area contributed by atoms with Gasteiger partial charge < -0.3 is 24.2 Å². The molecule has 1 saturated carbocycles. The second-order valence-electron chi connectivity index (χ2n) is 9.76. The van der Waals surface area contributed by atoms with E-state index in [2.05, 4.69) is 28.8 Å². The third-order valence-electron chi connectivity index (χ3n) is 8.09. The number of carbonyl (C=O) groups is 3. The molecule has 2 aliphatic heterocycles.